The van der Waals surface area contributed by atoms with E-state index in [4.69, 9.17) is 13.8 Å². The average molecular weight is 591 g/mol. The number of halogens is 3. The minimum atomic E-state index is -4.49. The van der Waals surface area contributed by atoms with Crippen LogP contribution < -0.4 is 10.3 Å². The first-order chi connectivity index (χ1) is 21.8. The van der Waals surface area contributed by atoms with Gasteiger partial charge in [0.05, 0.1) is 16.8 Å². The second-order valence-electron chi connectivity index (χ2n) is 13.7. The average Bonchev–Trinajstić information content (AvgIpc) is 3.74. The molecule has 220 valence electrons. The van der Waals surface area contributed by atoms with Gasteiger partial charge in [-0.25, -0.2) is 24.9 Å². The van der Waals surface area contributed by atoms with Crippen molar-refractivity contribution in [2.24, 2.45) is 40.9 Å². The fourth-order valence-corrected chi connectivity index (χ4v) is 10.7. The maximum absolute atomic E-state index is 13.7. The van der Waals surface area contributed by atoms with Gasteiger partial charge in [-0.3, -0.25) is 9.36 Å². The summed E-state index contributed by atoms with van der Waals surface area (Å²) in [7, 11) is -2.74. The van der Waals surface area contributed by atoms with Crippen molar-refractivity contribution in [1.29, 1.82) is 0 Å². The topological polar surface area (TPSA) is 101 Å². The van der Waals surface area contributed by atoms with Crippen LogP contribution in [0.5, 0.6) is 5.88 Å². The van der Waals surface area contributed by atoms with Crippen LogP contribution in [-0.2, 0) is 18.1 Å². The molecule has 4 aromatic heterocycles. The molecule has 0 spiro atoms. The third kappa shape index (κ3) is 2.47. The maximum Gasteiger partial charge on any atom is 0.434 e. The first-order valence-electron chi connectivity index (χ1n) is 16.4. The molecule has 0 amide bonds. The number of nitrogens with zero attached hydrogens (tertiary/aromatic N) is 7. The predicted molar refractivity (Wildman–Crippen MR) is 146 cm³/mol. The lowest BCUT2D eigenvalue weighted by atomic mass is 8.92. The number of rotatable bonds is 7. The number of alkyl halides is 3. The molecule has 43 heavy (non-hydrogen) atoms. The van der Waals surface area contributed by atoms with E-state index in [0.29, 0.717) is 70.2 Å². The summed E-state index contributed by atoms with van der Waals surface area (Å²) in [5, 5.41) is 0.665. The Bertz CT molecular complexity index is 2030. The van der Waals surface area contributed by atoms with Gasteiger partial charge in [0.25, 0.3) is 5.56 Å². The summed E-state index contributed by atoms with van der Waals surface area (Å²) in [4.78, 5) is 35.6. The van der Waals surface area contributed by atoms with E-state index in [1.54, 1.807) is 21.4 Å². The van der Waals surface area contributed by atoms with E-state index in [2.05, 4.69) is 19.9 Å². The van der Waals surface area contributed by atoms with Crippen LogP contribution in [0.1, 0.15) is 60.0 Å². The quantitative estimate of drug-likeness (QED) is 0.310. The third-order valence-corrected chi connectivity index (χ3v) is 12.1. The molecule has 4 heterocycles. The summed E-state index contributed by atoms with van der Waals surface area (Å²) in [5.74, 6) is 2.74. The second kappa shape index (κ2) is 7.27. The van der Waals surface area contributed by atoms with Gasteiger partial charge in [0.1, 0.15) is 23.4 Å². The molecule has 0 aromatic carbocycles. The van der Waals surface area contributed by atoms with Crippen LogP contribution >= 0.6 is 0 Å². The van der Waals surface area contributed by atoms with Crippen molar-refractivity contribution < 1.29 is 22.0 Å². The first kappa shape index (κ1) is 21.8. The van der Waals surface area contributed by atoms with Gasteiger partial charge in [-0.05, 0) is 73.7 Å². The van der Waals surface area contributed by atoms with E-state index in [1.165, 1.54) is 18.6 Å². The SMILES string of the molecule is [2H]C([2H])([2H])Oc1ncnc(C2CC2)c1-c1ncc2ccc(=O)n(CC34C5C6C3C3C4C5C63c3nc(C(F)(F)F)cn3C(C)C)c2n1. The summed E-state index contributed by atoms with van der Waals surface area (Å²) in [6.07, 6.45) is 1.37. The number of hydrogen-bond acceptors (Lipinski definition) is 7. The van der Waals surface area contributed by atoms with Crippen molar-refractivity contribution >= 4 is 11.0 Å². The van der Waals surface area contributed by atoms with Gasteiger partial charge in [-0.15, -0.1) is 0 Å². The minimum Gasteiger partial charge on any atom is -0.480 e. The number of pyridine rings is 1. The standard InChI is InChI=1S/C31H28F3N7O2/c1-12(2)40-9-15(31(32,33)34)38-28(40)30-21-18-22(30)20-23(30)19(21)29(18,20)10-41-16(42)7-6-14-8-35-25(39-26(14)41)17-24(13-4-5-13)36-11-37-27(17)43-3/h6-9,11-13,18-23H,4-5,10H2,1-3H3/i3D3. The Morgan fingerprint density at radius 2 is 1.81 bits per heavy atom. The van der Waals surface area contributed by atoms with E-state index in [9.17, 15) is 18.0 Å². The van der Waals surface area contributed by atoms with E-state index in [0.717, 1.165) is 12.8 Å². The highest BCUT2D eigenvalue weighted by Gasteiger charge is 3.10. The van der Waals surface area contributed by atoms with E-state index in [1.807, 2.05) is 13.8 Å². The molecule has 0 atom stereocenters. The van der Waals surface area contributed by atoms with Crippen molar-refractivity contribution in [3.05, 3.63) is 58.4 Å². The normalized spacial score (nSPS) is 36.8. The lowest BCUT2D eigenvalue weighted by Crippen LogP contribution is -3.11. The fraction of sp³-hybridized carbons (Fsp3) is 0.548. The molecular weight excluding hydrogens is 559 g/mol. The Balaban J connectivity index is 1.01. The molecule has 7 aliphatic rings. The molecule has 0 radical (unpaired) electrons. The molecule has 0 bridgehead atoms. The van der Waals surface area contributed by atoms with Gasteiger partial charge >= 0.3 is 6.18 Å². The van der Waals surface area contributed by atoms with Crippen LogP contribution in [0.4, 0.5) is 13.2 Å². The predicted octanol–water partition coefficient (Wildman–Crippen LogP) is 4.62. The van der Waals surface area contributed by atoms with Gasteiger partial charge in [0.15, 0.2) is 11.5 Å². The molecule has 7 saturated carbocycles. The molecule has 11 rings (SSSR count). The largest absolute Gasteiger partial charge is 0.480 e. The summed E-state index contributed by atoms with van der Waals surface area (Å²) in [5.41, 5.74) is 0.0469. The number of methoxy groups -OCH3 is 1. The van der Waals surface area contributed by atoms with Gasteiger partial charge in [-0.2, -0.15) is 13.2 Å². The van der Waals surface area contributed by atoms with Crippen LogP contribution in [0, 0.1) is 40.9 Å². The molecule has 0 saturated heterocycles. The number of hydrogen-bond donors (Lipinski definition) is 0. The highest BCUT2D eigenvalue weighted by atomic mass is 19.4. The zero-order valence-electron chi connectivity index (χ0n) is 26.2. The Kier molecular flexibility index (Phi) is 3.68. The lowest BCUT2D eigenvalue weighted by molar-refractivity contribution is -0.632. The van der Waals surface area contributed by atoms with E-state index >= 15 is 0 Å². The molecule has 12 heteroatoms. The summed E-state index contributed by atoms with van der Waals surface area (Å²) in [6.45, 7) is 4.26. The molecule has 9 nitrogen and oxygen atoms in total. The molecule has 0 unspecified atom stereocenters. The molecule has 0 N–H and O–H groups in total. The van der Waals surface area contributed by atoms with Crippen LogP contribution in [-0.4, -0.2) is 41.1 Å². The molecule has 7 fully saturated rings. The van der Waals surface area contributed by atoms with Gasteiger partial charge in [0.2, 0.25) is 5.88 Å². The van der Waals surface area contributed by atoms with Gasteiger partial charge in [0, 0.05) is 47.8 Å². The molecule has 0 aliphatic heterocycles. The molecule has 7 aliphatic carbocycles. The van der Waals surface area contributed by atoms with E-state index in [-0.39, 0.29) is 40.1 Å². The van der Waals surface area contributed by atoms with Crippen molar-refractivity contribution in [3.63, 3.8) is 0 Å². The van der Waals surface area contributed by atoms with Crippen molar-refractivity contribution in [2.45, 2.75) is 56.8 Å². The summed E-state index contributed by atoms with van der Waals surface area (Å²) in [6, 6.07) is 3.06. The highest BCUT2D eigenvalue weighted by molar-refractivity contribution is 5.78. The van der Waals surface area contributed by atoms with Crippen molar-refractivity contribution in [2.75, 3.05) is 7.04 Å². The zero-order chi connectivity index (χ0) is 31.9. The van der Waals surface area contributed by atoms with Crippen LogP contribution in [0.15, 0.2) is 35.6 Å². The van der Waals surface area contributed by atoms with Crippen molar-refractivity contribution in [1.82, 2.24) is 34.1 Å². The summed E-state index contributed by atoms with van der Waals surface area (Å²) < 4.78 is 72.7. The van der Waals surface area contributed by atoms with Gasteiger partial charge in [-0.1, -0.05) is 0 Å². The smallest absolute Gasteiger partial charge is 0.434 e. The Labute approximate surface area is 247 Å². The Morgan fingerprint density at radius 1 is 1.07 bits per heavy atom. The molecular formula is C31H28F3N7O2. The number of fused-ring (bicyclic) bond motifs is 1. The monoisotopic (exact) mass is 590 g/mol. The van der Waals surface area contributed by atoms with Crippen molar-refractivity contribution in [3.8, 4) is 17.3 Å². The Morgan fingerprint density at radius 3 is 2.47 bits per heavy atom. The number of imidazole rings is 1. The maximum atomic E-state index is 13.7. The van der Waals surface area contributed by atoms with Crippen LogP contribution in [0.3, 0.4) is 0 Å². The summed E-state index contributed by atoms with van der Waals surface area (Å²) >= 11 is 0. The number of aromatic nitrogens is 7. The first-order valence-corrected chi connectivity index (χ1v) is 14.9. The second-order valence-corrected chi connectivity index (χ2v) is 13.7. The van der Waals surface area contributed by atoms with Gasteiger partial charge < -0.3 is 9.30 Å². The molecule has 4 aromatic rings. The number of ether oxygens (including phenoxy) is 1. The highest BCUT2D eigenvalue weighted by Crippen LogP contribution is 3.10. The fourth-order valence-electron chi connectivity index (χ4n) is 10.7. The lowest BCUT2D eigenvalue weighted by Gasteiger charge is -3.11. The Hall–Kier alpha value is -3.83. The minimum absolute atomic E-state index is 0.0579. The zero-order valence-corrected chi connectivity index (χ0v) is 23.2. The van der Waals surface area contributed by atoms with Crippen LogP contribution in [0.25, 0.3) is 22.4 Å². The van der Waals surface area contributed by atoms with Crippen LogP contribution in [0.2, 0.25) is 0 Å². The van der Waals surface area contributed by atoms with E-state index < -0.39 is 18.9 Å². The third-order valence-electron chi connectivity index (χ3n) is 12.1.